The minimum atomic E-state index is 0.505. The second-order valence-electron chi connectivity index (χ2n) is 3.81. The molecule has 0 amide bonds. The summed E-state index contributed by atoms with van der Waals surface area (Å²) in [6, 6.07) is 4.05. The van der Waals surface area contributed by atoms with Gasteiger partial charge in [-0.15, -0.1) is 11.6 Å². The number of nitrogens with zero attached hydrogens (tertiary/aromatic N) is 3. The van der Waals surface area contributed by atoms with Gasteiger partial charge in [-0.3, -0.25) is 0 Å². The molecule has 2 heterocycles. The van der Waals surface area contributed by atoms with Gasteiger partial charge in [0.15, 0.2) is 5.82 Å². The second kappa shape index (κ2) is 5.82. The number of hydrogen-bond donors (Lipinski definition) is 0. The molecule has 0 spiro atoms. The van der Waals surface area contributed by atoms with Gasteiger partial charge in [0, 0.05) is 17.8 Å². The van der Waals surface area contributed by atoms with Gasteiger partial charge in [-0.2, -0.15) is 5.10 Å². The van der Waals surface area contributed by atoms with Gasteiger partial charge in [0.25, 0.3) is 0 Å². The molecule has 0 aliphatic heterocycles. The number of rotatable bonds is 4. The van der Waals surface area contributed by atoms with Crippen LogP contribution in [0.1, 0.15) is 24.6 Å². The Morgan fingerprint density at radius 3 is 2.82 bits per heavy atom. The molecule has 0 saturated heterocycles. The molecule has 90 valence electrons. The maximum atomic E-state index is 5.90. The van der Waals surface area contributed by atoms with E-state index in [0.29, 0.717) is 5.88 Å². The van der Waals surface area contributed by atoms with Crippen molar-refractivity contribution in [1.82, 2.24) is 14.8 Å². The summed E-state index contributed by atoms with van der Waals surface area (Å²) in [7, 11) is 0. The summed E-state index contributed by atoms with van der Waals surface area (Å²) in [6.45, 7) is 2.14. The van der Waals surface area contributed by atoms with Crippen LogP contribution in [0.15, 0.2) is 24.5 Å². The van der Waals surface area contributed by atoms with Crippen LogP contribution in [-0.2, 0) is 12.3 Å². The van der Waals surface area contributed by atoms with Crippen LogP contribution >= 0.6 is 34.2 Å². The molecule has 0 saturated carbocycles. The number of alkyl halides is 1. The molecular formula is C12H13ClIN3. The predicted octanol–water partition coefficient (Wildman–Crippen LogP) is 3.56. The number of aryl methyl sites for hydroxylation is 1. The zero-order valence-electron chi connectivity index (χ0n) is 9.53. The minimum Gasteiger partial charge on any atom is -0.234 e. The molecule has 0 radical (unpaired) electrons. The Bertz CT molecular complexity index is 510. The van der Waals surface area contributed by atoms with Crippen LogP contribution in [-0.4, -0.2) is 14.8 Å². The van der Waals surface area contributed by atoms with Crippen LogP contribution in [0.4, 0.5) is 0 Å². The highest BCUT2D eigenvalue weighted by Gasteiger charge is 2.05. The van der Waals surface area contributed by atoms with Gasteiger partial charge in [0.2, 0.25) is 0 Å². The number of pyridine rings is 1. The molecule has 0 aromatic carbocycles. The molecule has 2 aromatic heterocycles. The third-order valence-electron chi connectivity index (χ3n) is 2.37. The third-order valence-corrected chi connectivity index (χ3v) is 3.24. The Labute approximate surface area is 119 Å². The van der Waals surface area contributed by atoms with E-state index in [1.54, 1.807) is 4.68 Å². The van der Waals surface area contributed by atoms with Gasteiger partial charge in [-0.1, -0.05) is 13.3 Å². The fourth-order valence-electron chi connectivity index (χ4n) is 1.64. The summed E-state index contributed by atoms with van der Waals surface area (Å²) in [6.07, 6.45) is 5.82. The first-order valence-corrected chi connectivity index (χ1v) is 7.10. The molecular weight excluding hydrogens is 349 g/mol. The lowest BCUT2D eigenvalue weighted by molar-refractivity contribution is 0.810. The van der Waals surface area contributed by atoms with Crippen molar-refractivity contribution in [2.75, 3.05) is 0 Å². The molecule has 0 N–H and O–H groups in total. The predicted molar refractivity (Wildman–Crippen MR) is 77.6 cm³/mol. The molecule has 0 aliphatic rings. The standard InChI is InChI=1S/C12H13ClIN3/c1-2-3-11-4-9(6-13)5-12(16-11)17-8-10(14)7-15-17/h4-5,7-8H,2-3,6H2,1H3. The van der Waals surface area contributed by atoms with Gasteiger partial charge in [-0.05, 0) is 46.7 Å². The van der Waals surface area contributed by atoms with Gasteiger partial charge in [0.1, 0.15) is 0 Å². The summed E-state index contributed by atoms with van der Waals surface area (Å²) in [5, 5.41) is 4.27. The normalized spacial score (nSPS) is 10.8. The summed E-state index contributed by atoms with van der Waals surface area (Å²) >= 11 is 8.14. The van der Waals surface area contributed by atoms with Gasteiger partial charge >= 0.3 is 0 Å². The van der Waals surface area contributed by atoms with Crippen molar-refractivity contribution in [3.05, 3.63) is 39.4 Å². The molecule has 2 rings (SSSR count). The van der Waals surface area contributed by atoms with Gasteiger partial charge < -0.3 is 0 Å². The SMILES string of the molecule is CCCc1cc(CCl)cc(-n2cc(I)cn2)n1. The average Bonchev–Trinajstić information content (AvgIpc) is 2.76. The van der Waals surface area contributed by atoms with E-state index in [9.17, 15) is 0 Å². The topological polar surface area (TPSA) is 30.7 Å². The Kier molecular flexibility index (Phi) is 4.39. The maximum Gasteiger partial charge on any atom is 0.153 e. The van der Waals surface area contributed by atoms with Crippen molar-refractivity contribution >= 4 is 34.2 Å². The smallest absolute Gasteiger partial charge is 0.153 e. The van der Waals surface area contributed by atoms with E-state index in [1.165, 1.54) is 0 Å². The average molecular weight is 362 g/mol. The van der Waals surface area contributed by atoms with Crippen LogP contribution in [0.25, 0.3) is 5.82 Å². The van der Waals surface area contributed by atoms with Crippen LogP contribution in [0.2, 0.25) is 0 Å². The number of aromatic nitrogens is 3. The fraction of sp³-hybridized carbons (Fsp3) is 0.333. The van der Waals surface area contributed by atoms with Crippen molar-refractivity contribution in [1.29, 1.82) is 0 Å². The summed E-state index contributed by atoms with van der Waals surface area (Å²) in [5.74, 6) is 1.35. The Balaban J connectivity index is 2.42. The molecule has 0 aliphatic carbocycles. The monoisotopic (exact) mass is 361 g/mol. The Morgan fingerprint density at radius 1 is 1.41 bits per heavy atom. The molecule has 5 heteroatoms. The van der Waals surface area contributed by atoms with E-state index in [1.807, 2.05) is 18.5 Å². The summed E-state index contributed by atoms with van der Waals surface area (Å²) in [5.41, 5.74) is 2.16. The van der Waals surface area contributed by atoms with Crippen LogP contribution < -0.4 is 0 Å². The van der Waals surface area contributed by atoms with Crippen molar-refractivity contribution < 1.29 is 0 Å². The molecule has 0 fully saturated rings. The van der Waals surface area contributed by atoms with E-state index < -0.39 is 0 Å². The van der Waals surface area contributed by atoms with E-state index in [-0.39, 0.29) is 0 Å². The maximum absolute atomic E-state index is 5.90. The summed E-state index contributed by atoms with van der Waals surface area (Å²) < 4.78 is 2.88. The van der Waals surface area contributed by atoms with Gasteiger partial charge in [-0.25, -0.2) is 9.67 Å². The molecule has 0 unspecified atom stereocenters. The highest BCUT2D eigenvalue weighted by atomic mass is 127. The fourth-order valence-corrected chi connectivity index (χ4v) is 2.18. The zero-order valence-corrected chi connectivity index (χ0v) is 12.4. The largest absolute Gasteiger partial charge is 0.234 e. The van der Waals surface area contributed by atoms with Crippen molar-refractivity contribution in [2.24, 2.45) is 0 Å². The first-order valence-electron chi connectivity index (χ1n) is 5.49. The van der Waals surface area contributed by atoms with Crippen molar-refractivity contribution in [3.8, 4) is 5.82 Å². The van der Waals surface area contributed by atoms with E-state index in [4.69, 9.17) is 11.6 Å². The molecule has 0 bridgehead atoms. The molecule has 17 heavy (non-hydrogen) atoms. The minimum absolute atomic E-state index is 0.505. The van der Waals surface area contributed by atoms with Crippen LogP contribution in [0.3, 0.4) is 0 Å². The lowest BCUT2D eigenvalue weighted by Crippen LogP contribution is -2.02. The highest BCUT2D eigenvalue weighted by molar-refractivity contribution is 14.1. The Hall–Kier alpha value is -0.620. The second-order valence-corrected chi connectivity index (χ2v) is 5.32. The quantitative estimate of drug-likeness (QED) is 0.616. The van der Waals surface area contributed by atoms with E-state index in [0.717, 1.165) is 33.5 Å². The third kappa shape index (κ3) is 3.19. The van der Waals surface area contributed by atoms with E-state index >= 15 is 0 Å². The molecule has 0 atom stereocenters. The highest BCUT2D eigenvalue weighted by Crippen LogP contribution is 2.14. The lowest BCUT2D eigenvalue weighted by Gasteiger charge is -2.06. The van der Waals surface area contributed by atoms with Gasteiger partial charge in [0.05, 0.1) is 9.77 Å². The summed E-state index contributed by atoms with van der Waals surface area (Å²) in [4.78, 5) is 4.59. The Morgan fingerprint density at radius 2 is 2.24 bits per heavy atom. The van der Waals surface area contributed by atoms with Crippen LogP contribution in [0.5, 0.6) is 0 Å². The first kappa shape index (κ1) is 12.8. The molecule has 2 aromatic rings. The lowest BCUT2D eigenvalue weighted by atomic mass is 10.2. The zero-order chi connectivity index (χ0) is 12.3. The van der Waals surface area contributed by atoms with Crippen molar-refractivity contribution in [2.45, 2.75) is 25.6 Å². The van der Waals surface area contributed by atoms with Crippen molar-refractivity contribution in [3.63, 3.8) is 0 Å². The first-order chi connectivity index (χ1) is 8.22. The van der Waals surface area contributed by atoms with E-state index in [2.05, 4.69) is 45.7 Å². The number of halogens is 2. The van der Waals surface area contributed by atoms with Crippen LogP contribution in [0, 0.1) is 3.57 Å². The molecule has 3 nitrogen and oxygen atoms in total. The number of hydrogen-bond acceptors (Lipinski definition) is 2.